The predicted molar refractivity (Wildman–Crippen MR) is 73.0 cm³/mol. The molecule has 4 radical (unpaired) electrons. The van der Waals surface area contributed by atoms with Gasteiger partial charge in [-0.2, -0.15) is 0 Å². The Morgan fingerprint density at radius 3 is 2.88 bits per heavy atom. The van der Waals surface area contributed by atoms with E-state index in [1.165, 1.54) is 0 Å². The second-order valence-corrected chi connectivity index (χ2v) is 4.22. The van der Waals surface area contributed by atoms with Gasteiger partial charge in [0.2, 0.25) is 0 Å². The van der Waals surface area contributed by atoms with Gasteiger partial charge in [0.1, 0.15) is 5.58 Å². The third-order valence-corrected chi connectivity index (χ3v) is 3.19. The van der Waals surface area contributed by atoms with E-state index in [0.717, 1.165) is 16.5 Å². The minimum atomic E-state index is -0.259. The summed E-state index contributed by atoms with van der Waals surface area (Å²) in [6.45, 7) is 0. The van der Waals surface area contributed by atoms with Gasteiger partial charge in [0.05, 0.1) is 22.0 Å². The number of benzene rings is 1. The lowest BCUT2D eigenvalue weighted by Gasteiger charge is -2.23. The number of halogens is 1. The van der Waals surface area contributed by atoms with Crippen LogP contribution < -0.4 is 5.32 Å². The topological polar surface area (TPSA) is 25.2 Å². The first kappa shape index (κ1) is 12.6. The van der Waals surface area contributed by atoms with Crippen molar-refractivity contribution in [3.63, 3.8) is 0 Å². The van der Waals surface area contributed by atoms with Crippen molar-refractivity contribution in [2.45, 2.75) is 11.9 Å². The molecular formula is C12H12B2ClNO. The zero-order valence-corrected chi connectivity index (χ0v) is 10.2. The molecule has 2 aromatic rings. The van der Waals surface area contributed by atoms with Crippen LogP contribution in [-0.4, -0.2) is 34.0 Å². The SMILES string of the molecule is [B]CNC([B])C(CCl)c1ccc2ccoc2c1. The van der Waals surface area contributed by atoms with Crippen LogP contribution in [0.3, 0.4) is 0 Å². The van der Waals surface area contributed by atoms with Gasteiger partial charge in [-0.3, -0.25) is 0 Å². The van der Waals surface area contributed by atoms with Crippen molar-refractivity contribution in [3.8, 4) is 0 Å². The molecule has 0 saturated heterocycles. The molecule has 0 amide bonds. The highest BCUT2D eigenvalue weighted by Gasteiger charge is 2.17. The van der Waals surface area contributed by atoms with E-state index in [0.29, 0.717) is 12.3 Å². The largest absolute Gasteiger partial charge is 0.464 e. The van der Waals surface area contributed by atoms with Gasteiger partial charge >= 0.3 is 0 Å². The van der Waals surface area contributed by atoms with Crippen LogP contribution in [0.2, 0.25) is 0 Å². The molecule has 0 aliphatic heterocycles. The lowest BCUT2D eigenvalue weighted by molar-refractivity contribution is 0.603. The van der Waals surface area contributed by atoms with E-state index in [4.69, 9.17) is 31.7 Å². The molecule has 0 saturated carbocycles. The van der Waals surface area contributed by atoms with Crippen LogP contribution in [0, 0.1) is 0 Å². The second-order valence-electron chi connectivity index (χ2n) is 3.91. The fourth-order valence-electron chi connectivity index (χ4n) is 1.87. The third kappa shape index (κ3) is 2.70. The van der Waals surface area contributed by atoms with Crippen LogP contribution in [0.1, 0.15) is 11.5 Å². The van der Waals surface area contributed by atoms with Crippen molar-refractivity contribution in [2.75, 3.05) is 12.3 Å². The molecule has 0 aliphatic carbocycles. The van der Waals surface area contributed by atoms with E-state index in [2.05, 4.69) is 5.32 Å². The summed E-state index contributed by atoms with van der Waals surface area (Å²) in [4.78, 5) is 0. The summed E-state index contributed by atoms with van der Waals surface area (Å²) in [6, 6.07) is 7.92. The third-order valence-electron chi connectivity index (χ3n) is 2.86. The Morgan fingerprint density at radius 1 is 1.35 bits per heavy atom. The van der Waals surface area contributed by atoms with Gasteiger partial charge in [-0.05, 0) is 30.1 Å². The van der Waals surface area contributed by atoms with Crippen LogP contribution in [0.25, 0.3) is 11.0 Å². The van der Waals surface area contributed by atoms with E-state index in [9.17, 15) is 0 Å². The van der Waals surface area contributed by atoms with Crippen molar-refractivity contribution in [3.05, 3.63) is 36.1 Å². The standard InChI is InChI=1S/C12H12B2ClNO/c13-7-16-12(14)10(6-15)9-2-1-8-3-4-17-11(8)5-9/h1-5,10,12,16H,6-7H2. The van der Waals surface area contributed by atoms with Crippen LogP contribution in [-0.2, 0) is 0 Å². The summed E-state index contributed by atoms with van der Waals surface area (Å²) in [7, 11) is 11.4. The molecule has 5 heteroatoms. The number of nitrogens with one attached hydrogen (secondary N) is 1. The fraction of sp³-hybridized carbons (Fsp3) is 0.333. The Hall–Kier alpha value is -0.860. The molecule has 1 aromatic heterocycles. The maximum absolute atomic E-state index is 5.98. The lowest BCUT2D eigenvalue weighted by Crippen LogP contribution is -2.37. The van der Waals surface area contributed by atoms with Crippen molar-refractivity contribution >= 4 is 38.3 Å². The fourth-order valence-corrected chi connectivity index (χ4v) is 2.24. The molecule has 2 rings (SSSR count). The van der Waals surface area contributed by atoms with E-state index in [1.807, 2.05) is 24.3 Å². The number of alkyl halides is 1. The lowest BCUT2D eigenvalue weighted by atomic mass is 9.80. The van der Waals surface area contributed by atoms with E-state index in [-0.39, 0.29) is 11.9 Å². The van der Waals surface area contributed by atoms with Crippen molar-refractivity contribution in [2.24, 2.45) is 0 Å². The smallest absolute Gasteiger partial charge is 0.134 e. The summed E-state index contributed by atoms with van der Waals surface area (Å²) in [5, 5.41) is 4.05. The second kappa shape index (κ2) is 5.65. The summed E-state index contributed by atoms with van der Waals surface area (Å²) in [6.07, 6.45) is 2.00. The first-order chi connectivity index (χ1) is 8.26. The highest BCUT2D eigenvalue weighted by molar-refractivity contribution is 6.20. The monoisotopic (exact) mass is 243 g/mol. The summed E-state index contributed by atoms with van der Waals surface area (Å²) < 4.78 is 5.36. The number of fused-ring (bicyclic) bond motifs is 1. The van der Waals surface area contributed by atoms with E-state index < -0.39 is 0 Å². The highest BCUT2D eigenvalue weighted by Crippen LogP contribution is 2.25. The van der Waals surface area contributed by atoms with Crippen LogP contribution in [0.15, 0.2) is 34.9 Å². The summed E-state index contributed by atoms with van der Waals surface area (Å²) in [5.74, 6) is 0.181. The molecule has 0 fully saturated rings. The summed E-state index contributed by atoms with van der Waals surface area (Å²) in [5.41, 5.74) is 1.90. The zero-order chi connectivity index (χ0) is 12.3. The highest BCUT2D eigenvalue weighted by atomic mass is 35.5. The summed E-state index contributed by atoms with van der Waals surface area (Å²) >= 11 is 5.97. The quantitative estimate of drug-likeness (QED) is 0.641. The molecule has 2 atom stereocenters. The maximum Gasteiger partial charge on any atom is 0.134 e. The van der Waals surface area contributed by atoms with Crippen LogP contribution >= 0.6 is 11.6 Å². The molecule has 17 heavy (non-hydrogen) atoms. The minimum absolute atomic E-state index is 0.00900. The molecule has 84 valence electrons. The normalized spacial score (nSPS) is 14.9. The zero-order valence-electron chi connectivity index (χ0n) is 9.40. The van der Waals surface area contributed by atoms with Gasteiger partial charge in [0, 0.05) is 17.2 Å². The van der Waals surface area contributed by atoms with Crippen LogP contribution in [0.5, 0.6) is 0 Å². The Labute approximate surface area is 109 Å². The number of rotatable bonds is 5. The van der Waals surface area contributed by atoms with E-state index in [1.54, 1.807) is 6.26 Å². The van der Waals surface area contributed by atoms with E-state index >= 15 is 0 Å². The van der Waals surface area contributed by atoms with Gasteiger partial charge in [-0.1, -0.05) is 12.1 Å². The molecule has 1 heterocycles. The van der Waals surface area contributed by atoms with Crippen LogP contribution in [0.4, 0.5) is 0 Å². The van der Waals surface area contributed by atoms with Crippen molar-refractivity contribution in [1.82, 2.24) is 5.32 Å². The maximum atomic E-state index is 5.98. The number of hydrogen-bond donors (Lipinski definition) is 1. The Balaban J connectivity index is 2.28. The van der Waals surface area contributed by atoms with Gasteiger partial charge in [-0.15, -0.1) is 11.6 Å². The first-order valence-corrected chi connectivity index (χ1v) is 6.02. The molecule has 2 nitrogen and oxygen atoms in total. The van der Waals surface area contributed by atoms with Gasteiger partial charge in [0.25, 0.3) is 0 Å². The Bertz CT molecular complexity index is 488. The molecule has 1 aromatic carbocycles. The molecule has 1 N–H and O–H groups in total. The minimum Gasteiger partial charge on any atom is -0.464 e. The Morgan fingerprint density at radius 2 is 2.18 bits per heavy atom. The molecule has 0 spiro atoms. The Kier molecular flexibility index (Phi) is 4.19. The van der Waals surface area contributed by atoms with Gasteiger partial charge < -0.3 is 9.73 Å². The average molecular weight is 243 g/mol. The first-order valence-electron chi connectivity index (χ1n) is 5.48. The molecule has 0 aliphatic rings. The number of hydrogen-bond acceptors (Lipinski definition) is 2. The number of furan rings is 1. The average Bonchev–Trinajstić information content (AvgIpc) is 2.77. The predicted octanol–water partition coefficient (Wildman–Crippen LogP) is 1.97. The molecular weight excluding hydrogens is 231 g/mol. The van der Waals surface area contributed by atoms with Crippen molar-refractivity contribution in [1.29, 1.82) is 0 Å². The van der Waals surface area contributed by atoms with Gasteiger partial charge in [-0.25, -0.2) is 0 Å². The van der Waals surface area contributed by atoms with Crippen molar-refractivity contribution < 1.29 is 4.42 Å². The molecule has 0 bridgehead atoms. The molecule has 2 unspecified atom stereocenters. The van der Waals surface area contributed by atoms with Gasteiger partial charge in [0.15, 0.2) is 0 Å².